The molecule has 1 heterocycles. The Balaban J connectivity index is 2.18. The van der Waals surface area contributed by atoms with Crippen molar-refractivity contribution in [2.75, 3.05) is 6.61 Å². The van der Waals surface area contributed by atoms with Gasteiger partial charge >= 0.3 is 0 Å². The molecule has 0 unspecified atom stereocenters. The molecule has 0 amide bonds. The first-order valence-corrected chi connectivity index (χ1v) is 5.71. The quantitative estimate of drug-likeness (QED) is 0.864. The Kier molecular flexibility index (Phi) is 3.60. The van der Waals surface area contributed by atoms with Crippen LogP contribution in [-0.4, -0.2) is 12.8 Å². The minimum absolute atomic E-state index is 0.571. The van der Waals surface area contributed by atoms with E-state index in [1.807, 2.05) is 31.2 Å². The van der Waals surface area contributed by atoms with Crippen molar-refractivity contribution in [3.8, 4) is 5.75 Å². The molecule has 0 radical (unpaired) electrons. The number of nitrogens with two attached hydrogens (primary N) is 1. The highest BCUT2D eigenvalue weighted by Crippen LogP contribution is 2.22. The summed E-state index contributed by atoms with van der Waals surface area (Å²) in [5, 5.41) is 0. The molecule has 0 atom stereocenters. The molecular formula is C14H16N2O. The highest BCUT2D eigenvalue weighted by molar-refractivity contribution is 5.86. The molecule has 3 heteroatoms. The first kappa shape index (κ1) is 11.5. The smallest absolute Gasteiger partial charge is 0.119 e. The fourth-order valence-electron chi connectivity index (χ4n) is 1.69. The van der Waals surface area contributed by atoms with Crippen molar-refractivity contribution in [3.63, 3.8) is 0 Å². The van der Waals surface area contributed by atoms with Crippen LogP contribution in [0.5, 0.6) is 5.75 Å². The van der Waals surface area contributed by atoms with Gasteiger partial charge in [-0.15, -0.1) is 0 Å². The van der Waals surface area contributed by atoms with Crippen LogP contribution in [0.15, 0.2) is 47.2 Å². The lowest BCUT2D eigenvalue weighted by molar-refractivity contribution is 0.340. The Bertz CT molecular complexity index is 467. The SMILES string of the molecule is CCOc1ccc(C2=CC=NC(N)=CC2)cc1. The van der Waals surface area contributed by atoms with Crippen molar-refractivity contribution in [3.05, 3.63) is 47.8 Å². The Labute approximate surface area is 101 Å². The number of nitrogens with zero attached hydrogens (tertiary/aromatic N) is 1. The third-order valence-corrected chi connectivity index (χ3v) is 2.57. The van der Waals surface area contributed by atoms with Crippen molar-refractivity contribution in [2.24, 2.45) is 10.7 Å². The Hall–Kier alpha value is -2.03. The number of rotatable bonds is 3. The molecule has 0 spiro atoms. The highest BCUT2D eigenvalue weighted by Gasteiger charge is 2.02. The molecule has 1 aromatic carbocycles. The van der Waals surface area contributed by atoms with Gasteiger partial charge in [-0.2, -0.15) is 0 Å². The average Bonchev–Trinajstić information content (AvgIpc) is 2.56. The van der Waals surface area contributed by atoms with E-state index in [2.05, 4.69) is 17.1 Å². The molecule has 2 N–H and O–H groups in total. The predicted molar refractivity (Wildman–Crippen MR) is 71.0 cm³/mol. The number of allylic oxidation sites excluding steroid dienone is 3. The molecule has 1 aromatic rings. The standard InChI is InChI=1S/C14H16N2O/c1-2-17-13-6-3-11(4-7-13)12-5-8-14(15)16-10-9-12/h3-4,6-10H,2,5,15H2,1H3. The molecule has 0 bridgehead atoms. The number of hydrogen-bond donors (Lipinski definition) is 1. The van der Waals surface area contributed by atoms with E-state index in [-0.39, 0.29) is 0 Å². The lowest BCUT2D eigenvalue weighted by atomic mass is 10.0. The summed E-state index contributed by atoms with van der Waals surface area (Å²) in [5.41, 5.74) is 8.03. The van der Waals surface area contributed by atoms with Gasteiger partial charge in [-0.25, -0.2) is 4.99 Å². The zero-order valence-electron chi connectivity index (χ0n) is 9.89. The van der Waals surface area contributed by atoms with E-state index < -0.39 is 0 Å². The first-order chi connectivity index (χ1) is 8.29. The molecule has 0 fully saturated rings. The van der Waals surface area contributed by atoms with E-state index in [0.717, 1.165) is 12.2 Å². The Morgan fingerprint density at radius 2 is 2.06 bits per heavy atom. The van der Waals surface area contributed by atoms with E-state index in [9.17, 15) is 0 Å². The van der Waals surface area contributed by atoms with Crippen LogP contribution < -0.4 is 10.5 Å². The number of benzene rings is 1. The van der Waals surface area contributed by atoms with Crippen LogP contribution in [0.3, 0.4) is 0 Å². The molecule has 0 saturated carbocycles. The third kappa shape index (κ3) is 2.97. The maximum Gasteiger partial charge on any atom is 0.119 e. The molecule has 0 saturated heterocycles. The number of aliphatic imine (C=N–C) groups is 1. The van der Waals surface area contributed by atoms with Gasteiger partial charge in [0.1, 0.15) is 11.6 Å². The molecule has 1 aliphatic heterocycles. The second kappa shape index (κ2) is 5.34. The lowest BCUT2D eigenvalue weighted by Gasteiger charge is -2.06. The molecule has 17 heavy (non-hydrogen) atoms. The fraction of sp³-hybridized carbons (Fsp3) is 0.214. The van der Waals surface area contributed by atoms with Gasteiger partial charge in [0.05, 0.1) is 6.61 Å². The van der Waals surface area contributed by atoms with E-state index in [1.54, 1.807) is 6.21 Å². The summed E-state index contributed by atoms with van der Waals surface area (Å²) < 4.78 is 5.41. The second-order valence-electron chi connectivity index (χ2n) is 3.76. The van der Waals surface area contributed by atoms with Crippen molar-refractivity contribution in [1.82, 2.24) is 0 Å². The topological polar surface area (TPSA) is 47.6 Å². The average molecular weight is 228 g/mol. The third-order valence-electron chi connectivity index (χ3n) is 2.57. The van der Waals surface area contributed by atoms with E-state index >= 15 is 0 Å². The van der Waals surface area contributed by atoms with Crippen LogP contribution in [0.1, 0.15) is 18.9 Å². The highest BCUT2D eigenvalue weighted by atomic mass is 16.5. The second-order valence-corrected chi connectivity index (χ2v) is 3.76. The molecule has 1 aliphatic rings. The van der Waals surface area contributed by atoms with Gasteiger partial charge in [0.2, 0.25) is 0 Å². The Morgan fingerprint density at radius 3 is 2.76 bits per heavy atom. The molecular weight excluding hydrogens is 212 g/mol. The van der Waals surface area contributed by atoms with Crippen LogP contribution in [0, 0.1) is 0 Å². The van der Waals surface area contributed by atoms with Crippen LogP contribution in [0.2, 0.25) is 0 Å². The summed E-state index contributed by atoms with van der Waals surface area (Å²) in [4.78, 5) is 4.06. The van der Waals surface area contributed by atoms with Crippen molar-refractivity contribution >= 4 is 11.8 Å². The summed E-state index contributed by atoms with van der Waals surface area (Å²) in [6.45, 7) is 2.67. The van der Waals surface area contributed by atoms with Gasteiger partial charge in [-0.05, 0) is 48.8 Å². The molecule has 0 aliphatic carbocycles. The predicted octanol–water partition coefficient (Wildman–Crippen LogP) is 2.74. The van der Waals surface area contributed by atoms with E-state index in [1.165, 1.54) is 11.1 Å². The summed E-state index contributed by atoms with van der Waals surface area (Å²) in [6.07, 6.45) is 6.46. The van der Waals surface area contributed by atoms with Gasteiger partial charge in [0.15, 0.2) is 0 Å². The zero-order valence-corrected chi connectivity index (χ0v) is 9.89. The molecule has 88 valence electrons. The van der Waals surface area contributed by atoms with E-state index in [0.29, 0.717) is 12.4 Å². The Morgan fingerprint density at radius 1 is 1.29 bits per heavy atom. The van der Waals surface area contributed by atoms with Gasteiger partial charge in [0.25, 0.3) is 0 Å². The van der Waals surface area contributed by atoms with Crippen LogP contribution in [0.25, 0.3) is 5.57 Å². The van der Waals surface area contributed by atoms with Gasteiger partial charge in [0, 0.05) is 6.21 Å². The van der Waals surface area contributed by atoms with Crippen molar-refractivity contribution in [1.29, 1.82) is 0 Å². The van der Waals surface area contributed by atoms with Crippen molar-refractivity contribution in [2.45, 2.75) is 13.3 Å². The minimum Gasteiger partial charge on any atom is -0.494 e. The monoisotopic (exact) mass is 228 g/mol. The molecule has 0 aromatic heterocycles. The lowest BCUT2D eigenvalue weighted by Crippen LogP contribution is -1.92. The van der Waals surface area contributed by atoms with Crippen LogP contribution in [-0.2, 0) is 0 Å². The largest absolute Gasteiger partial charge is 0.494 e. The fourth-order valence-corrected chi connectivity index (χ4v) is 1.69. The molecule has 3 nitrogen and oxygen atoms in total. The maximum atomic E-state index is 5.65. The maximum absolute atomic E-state index is 5.65. The van der Waals surface area contributed by atoms with Crippen LogP contribution >= 0.6 is 0 Å². The summed E-state index contributed by atoms with van der Waals surface area (Å²) in [6, 6.07) is 8.07. The summed E-state index contributed by atoms with van der Waals surface area (Å²) in [5.74, 6) is 1.47. The summed E-state index contributed by atoms with van der Waals surface area (Å²) in [7, 11) is 0. The van der Waals surface area contributed by atoms with Crippen LogP contribution in [0.4, 0.5) is 0 Å². The summed E-state index contributed by atoms with van der Waals surface area (Å²) >= 11 is 0. The van der Waals surface area contributed by atoms with E-state index in [4.69, 9.17) is 10.5 Å². The first-order valence-electron chi connectivity index (χ1n) is 5.71. The zero-order chi connectivity index (χ0) is 12.1. The van der Waals surface area contributed by atoms with Gasteiger partial charge in [-0.3, -0.25) is 0 Å². The number of hydrogen-bond acceptors (Lipinski definition) is 3. The number of ether oxygens (including phenoxy) is 1. The minimum atomic E-state index is 0.571. The van der Waals surface area contributed by atoms with Gasteiger partial charge in [-0.1, -0.05) is 12.1 Å². The molecule has 2 rings (SSSR count). The van der Waals surface area contributed by atoms with Gasteiger partial charge < -0.3 is 10.5 Å². The van der Waals surface area contributed by atoms with Crippen molar-refractivity contribution < 1.29 is 4.74 Å². The normalized spacial score (nSPS) is 14.9.